The Bertz CT molecular complexity index is 795. The second-order valence-corrected chi connectivity index (χ2v) is 5.75. The molecule has 0 aliphatic carbocycles. The highest BCUT2D eigenvalue weighted by Crippen LogP contribution is 2.27. The molecule has 2 heterocycles. The van der Waals surface area contributed by atoms with Crippen LogP contribution in [-0.2, 0) is 0 Å². The van der Waals surface area contributed by atoms with Crippen molar-refractivity contribution in [1.82, 2.24) is 4.98 Å². The Balaban J connectivity index is 1.99. The molecule has 0 atom stereocenters. The summed E-state index contributed by atoms with van der Waals surface area (Å²) in [5, 5.41) is 3.76. The van der Waals surface area contributed by atoms with Gasteiger partial charge in [-0.15, -0.1) is 11.3 Å². The summed E-state index contributed by atoms with van der Waals surface area (Å²) < 4.78 is 0. The summed E-state index contributed by atoms with van der Waals surface area (Å²) in [6.45, 7) is 1.98. The van der Waals surface area contributed by atoms with Crippen LogP contribution in [0.2, 0.25) is 0 Å². The van der Waals surface area contributed by atoms with Crippen molar-refractivity contribution in [2.24, 2.45) is 0 Å². The lowest BCUT2D eigenvalue weighted by molar-refractivity contribution is 0.103. The van der Waals surface area contributed by atoms with Gasteiger partial charge in [0.05, 0.1) is 21.8 Å². The Labute approximate surface area is 120 Å². The van der Waals surface area contributed by atoms with Crippen molar-refractivity contribution in [3.8, 4) is 0 Å². The number of carbonyl (C=O) groups is 1. The highest BCUT2D eigenvalue weighted by molar-refractivity contribution is 7.14. The first-order valence-electron chi connectivity index (χ1n) is 6.16. The number of rotatable bonds is 2. The van der Waals surface area contributed by atoms with Crippen LogP contribution in [-0.4, -0.2) is 10.9 Å². The maximum Gasteiger partial charge on any atom is 0.265 e. The van der Waals surface area contributed by atoms with Crippen molar-refractivity contribution in [1.29, 1.82) is 0 Å². The molecule has 4 nitrogen and oxygen atoms in total. The average Bonchev–Trinajstić information content (AvgIpc) is 2.89. The Morgan fingerprint density at radius 3 is 2.85 bits per heavy atom. The fourth-order valence-corrected chi connectivity index (χ4v) is 2.81. The molecule has 0 bridgehead atoms. The number of fused-ring (bicyclic) bond motifs is 1. The normalized spacial score (nSPS) is 10.7. The molecular formula is C15H13N3OS. The van der Waals surface area contributed by atoms with Gasteiger partial charge in [-0.2, -0.15) is 0 Å². The van der Waals surface area contributed by atoms with Crippen molar-refractivity contribution in [3.63, 3.8) is 0 Å². The number of benzene rings is 1. The summed E-state index contributed by atoms with van der Waals surface area (Å²) in [7, 11) is 0. The zero-order valence-corrected chi connectivity index (χ0v) is 11.7. The molecule has 0 unspecified atom stereocenters. The Kier molecular flexibility index (Phi) is 3.12. The molecule has 0 saturated heterocycles. The Morgan fingerprint density at radius 1 is 1.25 bits per heavy atom. The van der Waals surface area contributed by atoms with Crippen molar-refractivity contribution in [2.45, 2.75) is 6.92 Å². The molecule has 0 radical (unpaired) electrons. The minimum atomic E-state index is -0.113. The van der Waals surface area contributed by atoms with E-state index in [1.807, 2.05) is 31.2 Å². The fraction of sp³-hybridized carbons (Fsp3) is 0.0667. The van der Waals surface area contributed by atoms with Crippen LogP contribution in [0.25, 0.3) is 10.9 Å². The zero-order chi connectivity index (χ0) is 14.1. The number of nitrogens with zero attached hydrogens (tertiary/aromatic N) is 1. The molecule has 3 aromatic rings. The van der Waals surface area contributed by atoms with Gasteiger partial charge < -0.3 is 11.1 Å². The molecule has 0 aliphatic rings. The van der Waals surface area contributed by atoms with E-state index in [-0.39, 0.29) is 5.91 Å². The molecule has 100 valence electrons. The second-order valence-electron chi connectivity index (χ2n) is 4.47. The summed E-state index contributed by atoms with van der Waals surface area (Å²) >= 11 is 1.47. The summed E-state index contributed by atoms with van der Waals surface area (Å²) in [4.78, 5) is 18.3. The van der Waals surface area contributed by atoms with Crippen LogP contribution in [0.5, 0.6) is 0 Å². The molecule has 0 saturated carbocycles. The van der Waals surface area contributed by atoms with Gasteiger partial charge >= 0.3 is 0 Å². The number of amides is 1. The summed E-state index contributed by atoms with van der Waals surface area (Å²) in [5.41, 5.74) is 7.92. The second kappa shape index (κ2) is 4.94. The van der Waals surface area contributed by atoms with E-state index >= 15 is 0 Å². The highest BCUT2D eigenvalue weighted by Gasteiger charge is 2.11. The van der Waals surface area contributed by atoms with Crippen LogP contribution >= 0.6 is 11.3 Å². The smallest absolute Gasteiger partial charge is 0.265 e. The standard InChI is InChI=1S/C15H13N3OS/c1-9-4-7-13(20-9)15(19)18-12-6-5-11(16)14-10(12)3-2-8-17-14/h2-8H,16H2,1H3,(H,18,19). The van der Waals surface area contributed by atoms with Gasteiger partial charge in [-0.25, -0.2) is 0 Å². The minimum Gasteiger partial charge on any atom is -0.397 e. The molecule has 3 N–H and O–H groups in total. The van der Waals surface area contributed by atoms with Crippen molar-refractivity contribution < 1.29 is 4.79 Å². The summed E-state index contributed by atoms with van der Waals surface area (Å²) in [6, 6.07) is 11.0. The maximum absolute atomic E-state index is 12.2. The summed E-state index contributed by atoms with van der Waals surface area (Å²) in [5.74, 6) is -0.113. The fourth-order valence-electron chi connectivity index (χ4n) is 2.04. The molecule has 1 aromatic carbocycles. The van der Waals surface area contributed by atoms with Gasteiger partial charge in [-0.05, 0) is 43.3 Å². The summed E-state index contributed by atoms with van der Waals surface area (Å²) in [6.07, 6.45) is 1.69. The SMILES string of the molecule is Cc1ccc(C(=O)Nc2ccc(N)c3ncccc23)s1. The number of nitrogen functional groups attached to an aromatic ring is 1. The molecular weight excluding hydrogens is 270 g/mol. The van der Waals surface area contributed by atoms with E-state index in [0.29, 0.717) is 16.1 Å². The minimum absolute atomic E-state index is 0.113. The number of nitrogens with two attached hydrogens (primary N) is 1. The first-order chi connectivity index (χ1) is 9.65. The Hall–Kier alpha value is -2.40. The van der Waals surface area contributed by atoms with E-state index < -0.39 is 0 Å². The lowest BCUT2D eigenvalue weighted by Gasteiger charge is -2.09. The van der Waals surface area contributed by atoms with Gasteiger partial charge in [0.15, 0.2) is 0 Å². The van der Waals surface area contributed by atoms with Crippen LogP contribution in [0.15, 0.2) is 42.6 Å². The lowest BCUT2D eigenvalue weighted by atomic mass is 10.1. The van der Waals surface area contributed by atoms with Gasteiger partial charge in [-0.3, -0.25) is 9.78 Å². The van der Waals surface area contributed by atoms with E-state index in [4.69, 9.17) is 5.73 Å². The number of hydrogen-bond acceptors (Lipinski definition) is 4. The average molecular weight is 283 g/mol. The first-order valence-corrected chi connectivity index (χ1v) is 6.98. The molecule has 0 fully saturated rings. The zero-order valence-electron chi connectivity index (χ0n) is 10.9. The first kappa shape index (κ1) is 12.6. The molecule has 20 heavy (non-hydrogen) atoms. The predicted molar refractivity (Wildman–Crippen MR) is 83.2 cm³/mol. The predicted octanol–water partition coefficient (Wildman–Crippen LogP) is 3.44. The van der Waals surface area contributed by atoms with Crippen LogP contribution in [0.3, 0.4) is 0 Å². The van der Waals surface area contributed by atoms with Gasteiger partial charge in [-0.1, -0.05) is 0 Å². The largest absolute Gasteiger partial charge is 0.397 e. The van der Waals surface area contributed by atoms with Crippen molar-refractivity contribution in [3.05, 3.63) is 52.3 Å². The monoisotopic (exact) mass is 283 g/mol. The third-order valence-electron chi connectivity index (χ3n) is 3.01. The van der Waals surface area contributed by atoms with E-state index in [1.54, 1.807) is 18.3 Å². The van der Waals surface area contributed by atoms with Crippen LogP contribution in [0.4, 0.5) is 11.4 Å². The third-order valence-corrected chi connectivity index (χ3v) is 4.01. The number of thiophene rings is 1. The van der Waals surface area contributed by atoms with Gasteiger partial charge in [0.2, 0.25) is 0 Å². The molecule has 2 aromatic heterocycles. The van der Waals surface area contributed by atoms with Crippen molar-refractivity contribution in [2.75, 3.05) is 11.1 Å². The van der Waals surface area contributed by atoms with Crippen molar-refractivity contribution >= 4 is 39.5 Å². The Morgan fingerprint density at radius 2 is 2.10 bits per heavy atom. The number of carbonyl (C=O) groups excluding carboxylic acids is 1. The number of pyridine rings is 1. The number of nitrogens with one attached hydrogen (secondary N) is 1. The number of hydrogen-bond donors (Lipinski definition) is 2. The van der Waals surface area contributed by atoms with Gasteiger partial charge in [0.25, 0.3) is 5.91 Å². The van der Waals surface area contributed by atoms with E-state index in [9.17, 15) is 4.79 Å². The molecule has 3 rings (SSSR count). The highest BCUT2D eigenvalue weighted by atomic mass is 32.1. The maximum atomic E-state index is 12.2. The topological polar surface area (TPSA) is 68.0 Å². The molecule has 5 heteroatoms. The van der Waals surface area contributed by atoms with Gasteiger partial charge in [0.1, 0.15) is 0 Å². The van der Waals surface area contributed by atoms with E-state index in [2.05, 4.69) is 10.3 Å². The van der Waals surface area contributed by atoms with Crippen LogP contribution in [0.1, 0.15) is 14.5 Å². The lowest BCUT2D eigenvalue weighted by Crippen LogP contribution is -2.10. The molecule has 1 amide bonds. The van der Waals surface area contributed by atoms with Gasteiger partial charge in [0, 0.05) is 16.5 Å². The van der Waals surface area contributed by atoms with E-state index in [0.717, 1.165) is 16.0 Å². The molecule has 0 spiro atoms. The molecule has 0 aliphatic heterocycles. The number of aryl methyl sites for hydroxylation is 1. The quantitative estimate of drug-likeness (QED) is 0.708. The third kappa shape index (κ3) is 2.23. The van der Waals surface area contributed by atoms with E-state index in [1.165, 1.54) is 11.3 Å². The van der Waals surface area contributed by atoms with Crippen LogP contribution < -0.4 is 11.1 Å². The number of anilines is 2. The van der Waals surface area contributed by atoms with Crippen LogP contribution in [0, 0.1) is 6.92 Å². The number of aromatic nitrogens is 1.